The second kappa shape index (κ2) is 5.50. The van der Waals surface area contributed by atoms with E-state index in [9.17, 15) is 4.79 Å². The summed E-state index contributed by atoms with van der Waals surface area (Å²) >= 11 is 1.60. The van der Waals surface area contributed by atoms with Crippen molar-refractivity contribution in [1.82, 2.24) is 9.38 Å². The van der Waals surface area contributed by atoms with E-state index >= 15 is 0 Å². The fourth-order valence-electron chi connectivity index (χ4n) is 2.07. The molecule has 0 radical (unpaired) electrons. The molecule has 3 aromatic rings. The number of aromatic nitrogens is 2. The molecule has 0 fully saturated rings. The maximum absolute atomic E-state index is 11.1. The van der Waals surface area contributed by atoms with Crippen LogP contribution in [0.1, 0.15) is 18.5 Å². The third-order valence-corrected chi connectivity index (χ3v) is 4.03. The Kier molecular flexibility index (Phi) is 3.56. The number of hydrogen-bond acceptors (Lipinski definition) is 5. The Hall–Kier alpha value is -2.08. The predicted octanol–water partition coefficient (Wildman–Crippen LogP) is 3.15. The molecule has 0 amide bonds. The van der Waals surface area contributed by atoms with Crippen molar-refractivity contribution >= 4 is 22.3 Å². The second-order valence-electron chi connectivity index (χ2n) is 4.45. The van der Waals surface area contributed by atoms with E-state index in [1.165, 1.54) is 7.11 Å². The highest BCUT2D eigenvalue weighted by atomic mass is 32.1. The lowest BCUT2D eigenvalue weighted by molar-refractivity contribution is -0.140. The van der Waals surface area contributed by atoms with Gasteiger partial charge in [0.05, 0.1) is 25.3 Å². The van der Waals surface area contributed by atoms with Gasteiger partial charge in [0, 0.05) is 29.3 Å². The van der Waals surface area contributed by atoms with Crippen molar-refractivity contribution in [2.24, 2.45) is 0 Å². The number of nitrogens with zero attached hydrogens (tertiary/aromatic N) is 2. The van der Waals surface area contributed by atoms with Gasteiger partial charge in [-0.25, -0.2) is 4.98 Å². The van der Waals surface area contributed by atoms with Gasteiger partial charge < -0.3 is 9.15 Å². The summed E-state index contributed by atoms with van der Waals surface area (Å²) in [5, 5.41) is 2.08. The molecule has 104 valence electrons. The van der Waals surface area contributed by atoms with E-state index in [2.05, 4.69) is 19.5 Å². The van der Waals surface area contributed by atoms with E-state index in [0.717, 1.165) is 34.8 Å². The zero-order valence-electron chi connectivity index (χ0n) is 11.0. The summed E-state index contributed by atoms with van der Waals surface area (Å²) < 4.78 is 11.8. The average Bonchev–Trinajstić information content (AvgIpc) is 3.15. The molecule has 6 heteroatoms. The van der Waals surface area contributed by atoms with Gasteiger partial charge in [0.2, 0.25) is 0 Å². The number of carbonyl (C=O) groups excluding carboxylic acids is 1. The number of hydrogen-bond donors (Lipinski definition) is 0. The van der Waals surface area contributed by atoms with Crippen LogP contribution in [0, 0.1) is 0 Å². The maximum atomic E-state index is 11.1. The molecule has 0 aromatic carbocycles. The largest absolute Gasteiger partial charge is 0.472 e. The number of fused-ring (bicyclic) bond motifs is 1. The molecule has 5 nitrogen and oxygen atoms in total. The minimum atomic E-state index is -0.166. The molecule has 3 heterocycles. The normalized spacial score (nSPS) is 11.1. The Labute approximate surface area is 119 Å². The van der Waals surface area contributed by atoms with Gasteiger partial charge in [-0.3, -0.25) is 9.20 Å². The summed E-state index contributed by atoms with van der Waals surface area (Å²) in [6.07, 6.45) is 7.37. The van der Waals surface area contributed by atoms with E-state index in [1.807, 2.05) is 12.3 Å². The summed E-state index contributed by atoms with van der Waals surface area (Å²) in [6, 6.07) is 1.89. The molecular weight excluding hydrogens is 276 g/mol. The highest BCUT2D eigenvalue weighted by Gasteiger charge is 2.10. The Morgan fingerprint density at radius 3 is 3.20 bits per heavy atom. The van der Waals surface area contributed by atoms with Gasteiger partial charge in [0.1, 0.15) is 0 Å². The molecule has 0 N–H and O–H groups in total. The van der Waals surface area contributed by atoms with E-state index < -0.39 is 0 Å². The summed E-state index contributed by atoms with van der Waals surface area (Å²) in [4.78, 5) is 16.6. The first-order chi connectivity index (χ1) is 9.78. The lowest BCUT2D eigenvalue weighted by Gasteiger charge is -1.99. The average molecular weight is 290 g/mol. The van der Waals surface area contributed by atoms with Crippen LogP contribution < -0.4 is 0 Å². The molecule has 0 aliphatic heterocycles. The molecule has 20 heavy (non-hydrogen) atoms. The highest BCUT2D eigenvalue weighted by molar-refractivity contribution is 7.15. The Balaban J connectivity index is 1.77. The number of carbonyl (C=O) groups is 1. The van der Waals surface area contributed by atoms with Crippen molar-refractivity contribution in [1.29, 1.82) is 0 Å². The topological polar surface area (TPSA) is 56.7 Å². The zero-order valence-corrected chi connectivity index (χ0v) is 11.9. The Morgan fingerprint density at radius 1 is 1.55 bits per heavy atom. The first-order valence-corrected chi connectivity index (χ1v) is 7.21. The van der Waals surface area contributed by atoms with Gasteiger partial charge in [-0.1, -0.05) is 0 Å². The molecule has 0 saturated carbocycles. The Morgan fingerprint density at radius 2 is 2.45 bits per heavy atom. The number of methoxy groups -OCH3 is 1. The minimum Gasteiger partial charge on any atom is -0.472 e. The van der Waals surface area contributed by atoms with Crippen molar-refractivity contribution in [2.75, 3.05) is 7.11 Å². The summed E-state index contributed by atoms with van der Waals surface area (Å²) in [6.45, 7) is 0. The van der Waals surface area contributed by atoms with Gasteiger partial charge in [-0.2, -0.15) is 0 Å². The third-order valence-electron chi connectivity index (χ3n) is 3.14. The van der Waals surface area contributed by atoms with Crippen LogP contribution in [0.4, 0.5) is 0 Å². The van der Waals surface area contributed by atoms with Crippen LogP contribution >= 0.6 is 11.3 Å². The molecule has 0 aliphatic carbocycles. The molecule has 0 aliphatic rings. The van der Waals surface area contributed by atoms with Gasteiger partial charge in [0.25, 0.3) is 0 Å². The highest BCUT2D eigenvalue weighted by Crippen LogP contribution is 2.24. The van der Waals surface area contributed by atoms with Crippen molar-refractivity contribution in [3.63, 3.8) is 0 Å². The number of ether oxygens (including phenoxy) is 1. The summed E-state index contributed by atoms with van der Waals surface area (Å²) in [7, 11) is 1.41. The SMILES string of the molecule is COC(=O)CCCc1csc2nc(-c3ccoc3)cn12. The lowest BCUT2D eigenvalue weighted by atomic mass is 10.2. The van der Waals surface area contributed by atoms with Crippen LogP contribution in [0.5, 0.6) is 0 Å². The second-order valence-corrected chi connectivity index (χ2v) is 5.28. The number of rotatable bonds is 5. The molecule has 0 bridgehead atoms. The van der Waals surface area contributed by atoms with Crippen LogP contribution in [0.2, 0.25) is 0 Å². The van der Waals surface area contributed by atoms with Crippen molar-refractivity contribution in [3.8, 4) is 11.3 Å². The maximum Gasteiger partial charge on any atom is 0.305 e. The molecule has 0 unspecified atom stereocenters. The Bertz CT molecular complexity index is 712. The number of aryl methyl sites for hydroxylation is 1. The minimum absolute atomic E-state index is 0.166. The zero-order chi connectivity index (χ0) is 13.9. The van der Waals surface area contributed by atoms with Crippen molar-refractivity contribution < 1.29 is 13.9 Å². The number of esters is 1. The van der Waals surface area contributed by atoms with Crippen LogP contribution in [-0.4, -0.2) is 22.5 Å². The first kappa shape index (κ1) is 12.9. The number of furan rings is 1. The fourth-order valence-corrected chi connectivity index (χ4v) is 2.98. The number of thiazole rings is 1. The van der Waals surface area contributed by atoms with Crippen LogP contribution in [0.15, 0.2) is 34.6 Å². The van der Waals surface area contributed by atoms with Gasteiger partial charge in [-0.05, 0) is 18.9 Å². The molecule has 0 saturated heterocycles. The molecular formula is C14H14N2O3S. The summed E-state index contributed by atoms with van der Waals surface area (Å²) in [5.74, 6) is -0.166. The molecule has 3 rings (SSSR count). The summed E-state index contributed by atoms with van der Waals surface area (Å²) in [5.41, 5.74) is 3.04. The van der Waals surface area contributed by atoms with Crippen LogP contribution in [0.25, 0.3) is 16.2 Å². The van der Waals surface area contributed by atoms with E-state index in [0.29, 0.717) is 6.42 Å². The molecule has 3 aromatic heterocycles. The molecule has 0 atom stereocenters. The first-order valence-electron chi connectivity index (χ1n) is 6.33. The third kappa shape index (κ3) is 2.46. The monoisotopic (exact) mass is 290 g/mol. The quantitative estimate of drug-likeness (QED) is 0.677. The number of imidazole rings is 1. The van der Waals surface area contributed by atoms with Gasteiger partial charge >= 0.3 is 5.97 Å². The van der Waals surface area contributed by atoms with Gasteiger partial charge in [-0.15, -0.1) is 11.3 Å². The van der Waals surface area contributed by atoms with E-state index in [-0.39, 0.29) is 5.97 Å². The lowest BCUT2D eigenvalue weighted by Crippen LogP contribution is -2.01. The van der Waals surface area contributed by atoms with E-state index in [1.54, 1.807) is 23.9 Å². The predicted molar refractivity (Wildman–Crippen MR) is 75.7 cm³/mol. The van der Waals surface area contributed by atoms with E-state index in [4.69, 9.17) is 4.42 Å². The van der Waals surface area contributed by atoms with Gasteiger partial charge in [0.15, 0.2) is 4.96 Å². The van der Waals surface area contributed by atoms with Crippen LogP contribution in [0.3, 0.4) is 0 Å². The fraction of sp³-hybridized carbons (Fsp3) is 0.286. The molecule has 0 spiro atoms. The standard InChI is InChI=1S/C14H14N2O3S/c1-18-13(17)4-2-3-11-9-20-14-15-12(7-16(11)14)10-5-6-19-8-10/h5-9H,2-4H2,1H3. The smallest absolute Gasteiger partial charge is 0.305 e. The van der Waals surface area contributed by atoms with Crippen molar-refractivity contribution in [2.45, 2.75) is 19.3 Å². The van der Waals surface area contributed by atoms with Crippen LogP contribution in [-0.2, 0) is 16.0 Å². The van der Waals surface area contributed by atoms with Crippen molar-refractivity contribution in [3.05, 3.63) is 35.9 Å².